The summed E-state index contributed by atoms with van der Waals surface area (Å²) in [6.45, 7) is 4.86. The van der Waals surface area contributed by atoms with E-state index in [1.54, 1.807) is 4.90 Å². The fourth-order valence-corrected chi connectivity index (χ4v) is 4.30. The number of carbonyl (C=O) groups excluding carboxylic acids is 2. The van der Waals surface area contributed by atoms with Crippen LogP contribution in [0.15, 0.2) is 66.7 Å². The topological polar surface area (TPSA) is 52.7 Å². The van der Waals surface area contributed by atoms with E-state index >= 15 is 0 Å². The van der Waals surface area contributed by atoms with E-state index in [2.05, 4.69) is 34.5 Å². The Morgan fingerprint density at radius 2 is 1.69 bits per heavy atom. The second-order valence-electron chi connectivity index (χ2n) is 8.29. The SMILES string of the molecule is CC(NC(=O)CN1CCCN(C(=O)c2ccc(F)cc2)CC1)c1cccc2ccccc12. The summed E-state index contributed by atoms with van der Waals surface area (Å²) < 4.78 is 13.1. The van der Waals surface area contributed by atoms with Crippen molar-refractivity contribution in [3.63, 3.8) is 0 Å². The van der Waals surface area contributed by atoms with Crippen molar-refractivity contribution >= 4 is 22.6 Å². The summed E-state index contributed by atoms with van der Waals surface area (Å²) in [6, 6.07) is 19.9. The maximum atomic E-state index is 13.1. The molecule has 0 spiro atoms. The van der Waals surface area contributed by atoms with Crippen LogP contribution in [0, 0.1) is 5.82 Å². The van der Waals surface area contributed by atoms with E-state index in [9.17, 15) is 14.0 Å². The van der Waals surface area contributed by atoms with Gasteiger partial charge in [0.1, 0.15) is 5.82 Å². The van der Waals surface area contributed by atoms with Crippen LogP contribution in [0.3, 0.4) is 0 Å². The lowest BCUT2D eigenvalue weighted by Gasteiger charge is -2.23. The molecule has 0 saturated carbocycles. The molecule has 3 aromatic rings. The highest BCUT2D eigenvalue weighted by atomic mass is 19.1. The Labute approximate surface area is 187 Å². The molecule has 1 fully saturated rings. The van der Waals surface area contributed by atoms with Gasteiger partial charge < -0.3 is 10.2 Å². The Hall–Kier alpha value is -3.25. The van der Waals surface area contributed by atoms with E-state index in [0.717, 1.165) is 29.3 Å². The maximum absolute atomic E-state index is 13.1. The highest BCUT2D eigenvalue weighted by Gasteiger charge is 2.22. The van der Waals surface area contributed by atoms with E-state index in [4.69, 9.17) is 0 Å². The average Bonchev–Trinajstić information content (AvgIpc) is 3.04. The molecule has 2 amide bonds. The molecule has 166 valence electrons. The standard InChI is InChI=1S/C26H28FN3O2/c1-19(23-9-4-7-20-6-2-3-8-24(20)23)28-25(31)18-29-14-5-15-30(17-16-29)26(32)21-10-12-22(27)13-11-21/h2-4,6-13,19H,5,14-18H2,1H3,(H,28,31). The van der Waals surface area contributed by atoms with Gasteiger partial charge in [0, 0.05) is 31.7 Å². The predicted octanol–water partition coefficient (Wildman–Crippen LogP) is 4.00. The van der Waals surface area contributed by atoms with E-state index in [1.807, 2.05) is 25.1 Å². The quantitative estimate of drug-likeness (QED) is 0.662. The third-order valence-electron chi connectivity index (χ3n) is 6.00. The third kappa shape index (κ3) is 5.14. The zero-order valence-corrected chi connectivity index (χ0v) is 18.3. The minimum atomic E-state index is -0.354. The summed E-state index contributed by atoms with van der Waals surface area (Å²) in [5.74, 6) is -0.475. The first-order chi connectivity index (χ1) is 15.5. The van der Waals surface area contributed by atoms with E-state index in [1.165, 1.54) is 24.3 Å². The normalized spacial score (nSPS) is 15.9. The lowest BCUT2D eigenvalue weighted by molar-refractivity contribution is -0.122. The van der Waals surface area contributed by atoms with Gasteiger partial charge in [-0.1, -0.05) is 42.5 Å². The number of benzene rings is 3. The van der Waals surface area contributed by atoms with Crippen LogP contribution in [-0.4, -0.2) is 54.3 Å². The van der Waals surface area contributed by atoms with Crippen LogP contribution in [0.4, 0.5) is 4.39 Å². The highest BCUT2D eigenvalue weighted by Crippen LogP contribution is 2.24. The molecule has 3 aromatic carbocycles. The number of fused-ring (bicyclic) bond motifs is 1. The molecular formula is C26H28FN3O2. The first-order valence-electron chi connectivity index (χ1n) is 11.1. The van der Waals surface area contributed by atoms with Crippen LogP contribution in [0.5, 0.6) is 0 Å². The van der Waals surface area contributed by atoms with Crippen LogP contribution >= 0.6 is 0 Å². The smallest absolute Gasteiger partial charge is 0.253 e. The van der Waals surface area contributed by atoms with Crippen LogP contribution in [0.1, 0.15) is 35.3 Å². The summed E-state index contributed by atoms with van der Waals surface area (Å²) in [7, 11) is 0. The minimum Gasteiger partial charge on any atom is -0.348 e. The fourth-order valence-electron chi connectivity index (χ4n) is 4.30. The second-order valence-corrected chi connectivity index (χ2v) is 8.29. The summed E-state index contributed by atoms with van der Waals surface area (Å²) in [6.07, 6.45) is 0.791. The van der Waals surface area contributed by atoms with Gasteiger partial charge in [-0.05, 0) is 53.9 Å². The van der Waals surface area contributed by atoms with Crippen molar-refractivity contribution in [1.29, 1.82) is 0 Å². The number of hydrogen-bond donors (Lipinski definition) is 1. The fraction of sp³-hybridized carbons (Fsp3) is 0.308. The number of halogens is 1. The minimum absolute atomic E-state index is 0.0243. The van der Waals surface area contributed by atoms with E-state index < -0.39 is 0 Å². The van der Waals surface area contributed by atoms with Gasteiger partial charge in [0.25, 0.3) is 5.91 Å². The lowest BCUT2D eigenvalue weighted by Crippen LogP contribution is -2.40. The molecule has 0 aliphatic carbocycles. The number of carbonyl (C=O) groups is 2. The zero-order chi connectivity index (χ0) is 22.5. The van der Waals surface area contributed by atoms with Gasteiger partial charge in [0.15, 0.2) is 0 Å². The van der Waals surface area contributed by atoms with Crippen LogP contribution in [0.2, 0.25) is 0 Å². The van der Waals surface area contributed by atoms with Crippen LogP contribution in [-0.2, 0) is 4.79 Å². The van der Waals surface area contributed by atoms with Crippen molar-refractivity contribution in [2.45, 2.75) is 19.4 Å². The number of nitrogens with zero attached hydrogens (tertiary/aromatic N) is 2. The summed E-state index contributed by atoms with van der Waals surface area (Å²) >= 11 is 0. The molecule has 0 bridgehead atoms. The van der Waals surface area contributed by atoms with Gasteiger partial charge in [-0.3, -0.25) is 14.5 Å². The van der Waals surface area contributed by atoms with Crippen LogP contribution in [0.25, 0.3) is 10.8 Å². The molecule has 0 aromatic heterocycles. The zero-order valence-electron chi connectivity index (χ0n) is 18.3. The Bertz CT molecular complexity index is 1090. The van der Waals surface area contributed by atoms with Gasteiger partial charge in [-0.15, -0.1) is 0 Å². The molecule has 32 heavy (non-hydrogen) atoms. The highest BCUT2D eigenvalue weighted by molar-refractivity contribution is 5.94. The molecule has 5 nitrogen and oxygen atoms in total. The molecule has 0 radical (unpaired) electrons. The van der Waals surface area contributed by atoms with Gasteiger partial charge in [0.2, 0.25) is 5.91 Å². The van der Waals surface area contributed by atoms with Crippen molar-refractivity contribution in [2.24, 2.45) is 0 Å². The summed E-state index contributed by atoms with van der Waals surface area (Å²) in [5.41, 5.74) is 1.59. The Morgan fingerprint density at radius 1 is 0.938 bits per heavy atom. The third-order valence-corrected chi connectivity index (χ3v) is 6.00. The number of amides is 2. The summed E-state index contributed by atoms with van der Waals surface area (Å²) in [5, 5.41) is 5.43. The molecule has 6 heteroatoms. The van der Waals surface area contributed by atoms with E-state index in [-0.39, 0.29) is 23.7 Å². The first kappa shape index (κ1) is 22.0. The molecule has 1 aliphatic heterocycles. The number of rotatable bonds is 5. The largest absolute Gasteiger partial charge is 0.348 e. The van der Waals surface area contributed by atoms with Crippen molar-refractivity contribution in [3.8, 4) is 0 Å². The number of nitrogens with one attached hydrogen (secondary N) is 1. The molecule has 4 rings (SSSR count). The van der Waals surface area contributed by atoms with Crippen molar-refractivity contribution in [3.05, 3.63) is 83.7 Å². The Kier molecular flexibility index (Phi) is 6.81. The van der Waals surface area contributed by atoms with Crippen molar-refractivity contribution in [1.82, 2.24) is 15.1 Å². The van der Waals surface area contributed by atoms with Crippen LogP contribution < -0.4 is 5.32 Å². The first-order valence-corrected chi connectivity index (χ1v) is 11.1. The molecule has 1 saturated heterocycles. The Balaban J connectivity index is 1.33. The molecule has 1 heterocycles. The van der Waals surface area contributed by atoms with Gasteiger partial charge in [-0.25, -0.2) is 4.39 Å². The van der Waals surface area contributed by atoms with Crippen molar-refractivity contribution in [2.75, 3.05) is 32.7 Å². The molecule has 1 N–H and O–H groups in total. The molecular weight excluding hydrogens is 405 g/mol. The maximum Gasteiger partial charge on any atom is 0.253 e. The van der Waals surface area contributed by atoms with E-state index in [0.29, 0.717) is 31.7 Å². The summed E-state index contributed by atoms with van der Waals surface area (Å²) in [4.78, 5) is 29.3. The molecule has 1 atom stereocenters. The lowest BCUT2D eigenvalue weighted by atomic mass is 10.00. The monoisotopic (exact) mass is 433 g/mol. The average molecular weight is 434 g/mol. The van der Waals surface area contributed by atoms with Crippen molar-refractivity contribution < 1.29 is 14.0 Å². The molecule has 1 unspecified atom stereocenters. The van der Waals surface area contributed by atoms with Gasteiger partial charge in [0.05, 0.1) is 12.6 Å². The number of hydrogen-bond acceptors (Lipinski definition) is 3. The van der Waals surface area contributed by atoms with Gasteiger partial charge in [-0.2, -0.15) is 0 Å². The van der Waals surface area contributed by atoms with Gasteiger partial charge >= 0.3 is 0 Å². The molecule has 1 aliphatic rings. The second kappa shape index (κ2) is 9.92. The Morgan fingerprint density at radius 3 is 2.50 bits per heavy atom. The predicted molar refractivity (Wildman–Crippen MR) is 124 cm³/mol.